The molecule has 0 spiro atoms. The van der Waals surface area contributed by atoms with Gasteiger partial charge in [-0.1, -0.05) is 23.7 Å². The lowest BCUT2D eigenvalue weighted by Crippen LogP contribution is -2.38. The molecule has 2 aromatic carbocycles. The van der Waals surface area contributed by atoms with Gasteiger partial charge in [-0.2, -0.15) is 0 Å². The van der Waals surface area contributed by atoms with Crippen LogP contribution in [0.5, 0.6) is 0 Å². The molecule has 0 unspecified atom stereocenters. The summed E-state index contributed by atoms with van der Waals surface area (Å²) in [6.45, 7) is 4.94. The number of nitrogens with one attached hydrogen (secondary N) is 1. The molecule has 158 valence electrons. The van der Waals surface area contributed by atoms with Crippen molar-refractivity contribution in [1.82, 2.24) is 14.3 Å². The molecular formula is C24H24ClN5O. The van der Waals surface area contributed by atoms with Crippen LogP contribution < -0.4 is 10.2 Å². The summed E-state index contributed by atoms with van der Waals surface area (Å²) in [4.78, 5) is 21.9. The summed E-state index contributed by atoms with van der Waals surface area (Å²) in [5.41, 5.74) is 4.91. The fourth-order valence-electron chi connectivity index (χ4n) is 4.22. The fraction of sp³-hybridized carbons (Fsp3) is 0.250. The summed E-state index contributed by atoms with van der Waals surface area (Å²) in [6.07, 6.45) is 2.93. The van der Waals surface area contributed by atoms with Crippen molar-refractivity contribution in [3.63, 3.8) is 0 Å². The molecule has 0 bridgehead atoms. The Morgan fingerprint density at radius 1 is 1.00 bits per heavy atom. The number of hydrogen-bond acceptors (Lipinski definition) is 3. The van der Waals surface area contributed by atoms with E-state index in [-0.39, 0.29) is 6.03 Å². The van der Waals surface area contributed by atoms with Crippen molar-refractivity contribution >= 4 is 45.7 Å². The largest absolute Gasteiger partial charge is 0.353 e. The molecule has 5 rings (SSSR count). The molecule has 3 heterocycles. The topological polar surface area (TPSA) is 52.9 Å². The van der Waals surface area contributed by atoms with Crippen LogP contribution in [0.25, 0.3) is 16.6 Å². The fourth-order valence-corrected chi connectivity index (χ4v) is 4.39. The number of benzene rings is 2. The van der Waals surface area contributed by atoms with Crippen LogP contribution in [-0.2, 0) is 0 Å². The zero-order valence-corrected chi connectivity index (χ0v) is 18.1. The van der Waals surface area contributed by atoms with Crippen LogP contribution in [-0.4, -0.2) is 46.5 Å². The number of anilines is 2. The number of halogens is 1. The first-order valence-corrected chi connectivity index (χ1v) is 10.9. The molecule has 1 aliphatic heterocycles. The third-order valence-corrected chi connectivity index (χ3v) is 5.99. The van der Waals surface area contributed by atoms with Crippen LogP contribution in [0.2, 0.25) is 5.02 Å². The predicted molar refractivity (Wildman–Crippen MR) is 126 cm³/mol. The van der Waals surface area contributed by atoms with Crippen LogP contribution in [0, 0.1) is 6.92 Å². The quantitative estimate of drug-likeness (QED) is 0.473. The van der Waals surface area contributed by atoms with Gasteiger partial charge < -0.3 is 19.5 Å². The number of fused-ring (bicyclic) bond motifs is 3. The van der Waals surface area contributed by atoms with E-state index in [0.717, 1.165) is 53.1 Å². The van der Waals surface area contributed by atoms with E-state index >= 15 is 0 Å². The van der Waals surface area contributed by atoms with Gasteiger partial charge in [0.15, 0.2) is 5.82 Å². The number of aryl methyl sites for hydroxylation is 1. The Hall–Kier alpha value is -3.25. The number of nitrogens with zero attached hydrogens (tertiary/aromatic N) is 4. The molecule has 31 heavy (non-hydrogen) atoms. The first-order chi connectivity index (χ1) is 15.1. The van der Waals surface area contributed by atoms with Crippen molar-refractivity contribution in [3.05, 3.63) is 71.4 Å². The lowest BCUT2D eigenvalue weighted by Gasteiger charge is -2.24. The highest BCUT2D eigenvalue weighted by Crippen LogP contribution is 2.28. The smallest absolute Gasteiger partial charge is 0.321 e. The Bertz CT molecular complexity index is 1270. The highest BCUT2D eigenvalue weighted by atomic mass is 35.5. The number of carbonyl (C=O) groups excluding carboxylic acids is 1. The maximum Gasteiger partial charge on any atom is 0.321 e. The second-order valence-corrected chi connectivity index (χ2v) is 8.40. The molecule has 2 amide bonds. The van der Waals surface area contributed by atoms with E-state index in [1.807, 2.05) is 60.4 Å². The molecule has 1 aliphatic rings. The van der Waals surface area contributed by atoms with Crippen LogP contribution in [0.1, 0.15) is 12.0 Å². The Morgan fingerprint density at radius 3 is 2.77 bits per heavy atom. The van der Waals surface area contributed by atoms with Gasteiger partial charge in [0.1, 0.15) is 0 Å². The van der Waals surface area contributed by atoms with E-state index in [4.69, 9.17) is 16.6 Å². The van der Waals surface area contributed by atoms with Gasteiger partial charge in [-0.25, -0.2) is 9.78 Å². The van der Waals surface area contributed by atoms with Crippen LogP contribution >= 0.6 is 11.6 Å². The van der Waals surface area contributed by atoms with Crippen molar-refractivity contribution < 1.29 is 4.79 Å². The van der Waals surface area contributed by atoms with Gasteiger partial charge in [0.25, 0.3) is 0 Å². The minimum Gasteiger partial charge on any atom is -0.353 e. The summed E-state index contributed by atoms with van der Waals surface area (Å²) < 4.78 is 2.15. The second-order valence-electron chi connectivity index (χ2n) is 7.96. The maximum atomic E-state index is 12.8. The second kappa shape index (κ2) is 8.12. The molecule has 4 aromatic rings. The van der Waals surface area contributed by atoms with Crippen molar-refractivity contribution in [3.8, 4) is 0 Å². The number of hydrogen-bond donors (Lipinski definition) is 1. The molecule has 6 nitrogen and oxygen atoms in total. The van der Waals surface area contributed by atoms with Crippen LogP contribution in [0.15, 0.2) is 60.8 Å². The normalized spacial score (nSPS) is 14.8. The van der Waals surface area contributed by atoms with Gasteiger partial charge in [-0.3, -0.25) is 0 Å². The zero-order chi connectivity index (χ0) is 21.4. The van der Waals surface area contributed by atoms with E-state index in [0.29, 0.717) is 18.1 Å². The average Bonchev–Trinajstić information content (AvgIpc) is 3.11. The van der Waals surface area contributed by atoms with Crippen LogP contribution in [0.4, 0.5) is 16.3 Å². The standard InChI is InChI=1S/C24H24ClN5O/c1-17-5-2-6-19(15-17)26-24(31)29-11-4-10-28(13-14-29)23-22-7-3-12-30(22)21-9-8-18(25)16-20(21)27-23/h2-3,5-9,12,15-16H,4,10-11,13-14H2,1H3,(H,26,31). The number of aromatic nitrogens is 2. The third kappa shape index (κ3) is 3.91. The summed E-state index contributed by atoms with van der Waals surface area (Å²) in [5.74, 6) is 0.931. The summed E-state index contributed by atoms with van der Waals surface area (Å²) in [7, 11) is 0. The number of carbonyl (C=O) groups is 1. The molecule has 1 saturated heterocycles. The van der Waals surface area contributed by atoms with Gasteiger partial charge in [0.2, 0.25) is 0 Å². The molecule has 7 heteroatoms. The summed E-state index contributed by atoms with van der Waals surface area (Å²) in [6, 6.07) is 17.7. The molecule has 2 aromatic heterocycles. The number of amides is 2. The Labute approximate surface area is 186 Å². The molecular weight excluding hydrogens is 410 g/mol. The van der Waals surface area contributed by atoms with Crippen molar-refractivity contribution in [2.75, 3.05) is 36.4 Å². The van der Waals surface area contributed by atoms with E-state index in [9.17, 15) is 4.79 Å². The lowest BCUT2D eigenvalue weighted by molar-refractivity contribution is 0.215. The number of rotatable bonds is 2. The summed E-state index contributed by atoms with van der Waals surface area (Å²) in [5, 5.41) is 3.70. The van der Waals surface area contributed by atoms with Gasteiger partial charge in [0, 0.05) is 43.1 Å². The molecule has 0 atom stereocenters. The molecule has 0 aliphatic carbocycles. The third-order valence-electron chi connectivity index (χ3n) is 5.75. The lowest BCUT2D eigenvalue weighted by atomic mass is 10.2. The molecule has 0 radical (unpaired) electrons. The molecule has 1 fully saturated rings. The Kier molecular flexibility index (Phi) is 5.16. The zero-order valence-electron chi connectivity index (χ0n) is 17.4. The van der Waals surface area contributed by atoms with Crippen LogP contribution in [0.3, 0.4) is 0 Å². The van der Waals surface area contributed by atoms with Crippen molar-refractivity contribution in [1.29, 1.82) is 0 Å². The van der Waals surface area contributed by atoms with Crippen molar-refractivity contribution in [2.24, 2.45) is 0 Å². The van der Waals surface area contributed by atoms with E-state index in [1.54, 1.807) is 0 Å². The van der Waals surface area contributed by atoms with E-state index in [2.05, 4.69) is 26.9 Å². The highest BCUT2D eigenvalue weighted by molar-refractivity contribution is 6.31. The maximum absolute atomic E-state index is 12.8. The van der Waals surface area contributed by atoms with Crippen molar-refractivity contribution in [2.45, 2.75) is 13.3 Å². The highest BCUT2D eigenvalue weighted by Gasteiger charge is 2.22. The van der Waals surface area contributed by atoms with Gasteiger partial charge >= 0.3 is 6.03 Å². The average molecular weight is 434 g/mol. The SMILES string of the molecule is Cc1cccc(NC(=O)N2CCCN(c3nc4cc(Cl)ccc4n4cccc34)CC2)c1. The molecule has 1 N–H and O–H groups in total. The summed E-state index contributed by atoms with van der Waals surface area (Å²) >= 11 is 6.22. The predicted octanol–water partition coefficient (Wildman–Crippen LogP) is 5.19. The number of urea groups is 1. The van der Waals surface area contributed by atoms with E-state index in [1.165, 1.54) is 0 Å². The minimum atomic E-state index is -0.0569. The van der Waals surface area contributed by atoms with Gasteiger partial charge in [-0.15, -0.1) is 0 Å². The molecule has 0 saturated carbocycles. The first kappa shape index (κ1) is 19.7. The Balaban J connectivity index is 1.38. The van der Waals surface area contributed by atoms with Gasteiger partial charge in [0.05, 0.1) is 16.6 Å². The minimum absolute atomic E-state index is 0.0569. The van der Waals surface area contributed by atoms with Gasteiger partial charge in [-0.05, 0) is 61.4 Å². The Morgan fingerprint density at radius 2 is 1.90 bits per heavy atom. The van der Waals surface area contributed by atoms with E-state index < -0.39 is 0 Å². The monoisotopic (exact) mass is 433 g/mol. The first-order valence-electron chi connectivity index (χ1n) is 10.5.